The summed E-state index contributed by atoms with van der Waals surface area (Å²) in [6.07, 6.45) is 3.74. The summed E-state index contributed by atoms with van der Waals surface area (Å²) in [7, 11) is 0. The van der Waals surface area contributed by atoms with Crippen molar-refractivity contribution in [2.45, 2.75) is 26.2 Å². The van der Waals surface area contributed by atoms with Gasteiger partial charge in [-0.25, -0.2) is 15.0 Å². The van der Waals surface area contributed by atoms with Crippen LogP contribution in [0.25, 0.3) is 0 Å². The number of hydrazone groups is 1. The van der Waals surface area contributed by atoms with Crippen LogP contribution in [0.5, 0.6) is 5.75 Å². The van der Waals surface area contributed by atoms with Crippen LogP contribution in [-0.2, 0) is 27.2 Å². The van der Waals surface area contributed by atoms with E-state index < -0.39 is 23.8 Å². The molecule has 1 aliphatic rings. The summed E-state index contributed by atoms with van der Waals surface area (Å²) in [5.41, 5.74) is 3.77. The zero-order valence-corrected chi connectivity index (χ0v) is 20.3. The van der Waals surface area contributed by atoms with E-state index in [1.807, 2.05) is 0 Å². The summed E-state index contributed by atoms with van der Waals surface area (Å²) < 4.78 is 10.5. The second-order valence-corrected chi connectivity index (χ2v) is 9.39. The molecule has 1 aliphatic carbocycles. The van der Waals surface area contributed by atoms with Gasteiger partial charge in [0.25, 0.3) is 0 Å². The molecule has 0 radical (unpaired) electrons. The van der Waals surface area contributed by atoms with Gasteiger partial charge in [-0.05, 0) is 55.3 Å². The summed E-state index contributed by atoms with van der Waals surface area (Å²) in [5.74, 6) is -2.76. The Morgan fingerprint density at radius 1 is 1.06 bits per heavy atom. The predicted octanol–water partition coefficient (Wildman–Crippen LogP) is 3.78. The van der Waals surface area contributed by atoms with Crippen molar-refractivity contribution in [3.63, 3.8) is 0 Å². The molecule has 0 saturated carbocycles. The fourth-order valence-corrected chi connectivity index (χ4v) is 5.38. The summed E-state index contributed by atoms with van der Waals surface area (Å²) >= 11 is 2.53. The maximum atomic E-state index is 12.4. The van der Waals surface area contributed by atoms with Crippen LogP contribution in [0, 0.1) is 0 Å². The Bertz CT molecular complexity index is 1300. The number of amides is 2. The molecule has 2 aromatic heterocycles. The summed E-state index contributed by atoms with van der Waals surface area (Å²) in [6.45, 7) is 1.91. The van der Waals surface area contributed by atoms with Gasteiger partial charge in [-0.3, -0.25) is 9.59 Å². The third kappa shape index (κ3) is 5.64. The van der Waals surface area contributed by atoms with Crippen molar-refractivity contribution in [2.24, 2.45) is 5.10 Å². The number of thiophene rings is 2. The highest BCUT2D eigenvalue weighted by Gasteiger charge is 2.29. The molecular formula is C24H21N3O6S2. The molecule has 2 amide bonds. The second-order valence-electron chi connectivity index (χ2n) is 7.34. The fraction of sp³-hybridized carbons (Fsp3) is 0.208. The van der Waals surface area contributed by atoms with Gasteiger partial charge in [0.05, 0.1) is 18.4 Å². The minimum Gasteiger partial charge on any atom is -0.462 e. The first-order chi connectivity index (χ1) is 17.0. The van der Waals surface area contributed by atoms with Gasteiger partial charge >= 0.3 is 23.8 Å². The number of ether oxygens (including phenoxy) is 2. The van der Waals surface area contributed by atoms with Crippen molar-refractivity contribution in [1.29, 1.82) is 0 Å². The van der Waals surface area contributed by atoms with Crippen molar-refractivity contribution in [3.05, 3.63) is 68.2 Å². The van der Waals surface area contributed by atoms with E-state index in [0.29, 0.717) is 21.0 Å². The quantitative estimate of drug-likeness (QED) is 0.164. The average Bonchev–Trinajstić information content (AvgIpc) is 3.58. The van der Waals surface area contributed by atoms with E-state index in [-0.39, 0.29) is 12.4 Å². The molecule has 0 saturated heterocycles. The van der Waals surface area contributed by atoms with Crippen molar-refractivity contribution < 1.29 is 28.7 Å². The van der Waals surface area contributed by atoms with Crippen LogP contribution < -0.4 is 15.5 Å². The number of aryl methyl sites for hydroxylation is 1. The zero-order valence-electron chi connectivity index (χ0n) is 18.7. The van der Waals surface area contributed by atoms with E-state index in [0.717, 1.165) is 29.7 Å². The highest BCUT2D eigenvalue weighted by molar-refractivity contribution is 7.17. The SMILES string of the molecule is CCOC(=O)c1c(NC(=O)C(=O)N/N=C/c2ccccc2OC(=O)c2cccs2)sc2c1CCC2. The highest BCUT2D eigenvalue weighted by Crippen LogP contribution is 2.39. The zero-order chi connectivity index (χ0) is 24.8. The molecule has 3 aromatic rings. The number of hydrogen-bond donors (Lipinski definition) is 2. The van der Waals surface area contributed by atoms with Crippen molar-refractivity contribution in [1.82, 2.24) is 5.43 Å². The van der Waals surface area contributed by atoms with Crippen molar-refractivity contribution in [3.8, 4) is 5.75 Å². The van der Waals surface area contributed by atoms with E-state index in [9.17, 15) is 19.2 Å². The van der Waals surface area contributed by atoms with Crippen LogP contribution in [0.3, 0.4) is 0 Å². The van der Waals surface area contributed by atoms with Crippen LogP contribution in [0.4, 0.5) is 5.00 Å². The first-order valence-corrected chi connectivity index (χ1v) is 12.5. The Labute approximate surface area is 208 Å². The van der Waals surface area contributed by atoms with Crippen molar-refractivity contribution >= 4 is 57.6 Å². The van der Waals surface area contributed by atoms with E-state index in [1.165, 1.54) is 28.9 Å². The van der Waals surface area contributed by atoms with Crippen LogP contribution in [0.2, 0.25) is 0 Å². The number of rotatable bonds is 7. The molecule has 2 N–H and O–H groups in total. The lowest BCUT2D eigenvalue weighted by Crippen LogP contribution is -2.32. The Balaban J connectivity index is 1.40. The predicted molar refractivity (Wildman–Crippen MR) is 132 cm³/mol. The largest absolute Gasteiger partial charge is 0.462 e. The van der Waals surface area contributed by atoms with E-state index >= 15 is 0 Å². The number of para-hydroxylation sites is 1. The topological polar surface area (TPSA) is 123 Å². The van der Waals surface area contributed by atoms with Gasteiger partial charge in [-0.1, -0.05) is 18.2 Å². The molecule has 0 fully saturated rings. The van der Waals surface area contributed by atoms with Crippen molar-refractivity contribution in [2.75, 3.05) is 11.9 Å². The molecule has 0 unspecified atom stereocenters. The molecule has 0 aliphatic heterocycles. The lowest BCUT2D eigenvalue weighted by molar-refractivity contribution is -0.136. The molecule has 0 atom stereocenters. The molecular weight excluding hydrogens is 490 g/mol. The van der Waals surface area contributed by atoms with Crippen LogP contribution in [-0.4, -0.2) is 36.6 Å². The molecule has 0 spiro atoms. The number of esters is 2. The summed E-state index contributed by atoms with van der Waals surface area (Å²) in [4.78, 5) is 50.9. The molecule has 2 heterocycles. The van der Waals surface area contributed by atoms with E-state index in [2.05, 4.69) is 15.8 Å². The minimum absolute atomic E-state index is 0.205. The monoisotopic (exact) mass is 511 g/mol. The van der Waals surface area contributed by atoms with Gasteiger partial charge in [0, 0.05) is 10.4 Å². The highest BCUT2D eigenvalue weighted by atomic mass is 32.1. The normalized spacial score (nSPS) is 12.3. The number of carbonyl (C=O) groups is 4. The molecule has 180 valence electrons. The van der Waals surface area contributed by atoms with Gasteiger partial charge in [0.15, 0.2) is 0 Å². The molecule has 0 bridgehead atoms. The summed E-state index contributed by atoms with van der Waals surface area (Å²) in [5, 5.41) is 8.38. The summed E-state index contributed by atoms with van der Waals surface area (Å²) in [6, 6.07) is 10.0. The molecule has 35 heavy (non-hydrogen) atoms. The first-order valence-electron chi connectivity index (χ1n) is 10.8. The molecule has 11 heteroatoms. The van der Waals surface area contributed by atoms with Gasteiger partial charge < -0.3 is 14.8 Å². The van der Waals surface area contributed by atoms with Gasteiger partial charge in [-0.15, -0.1) is 22.7 Å². The number of carbonyl (C=O) groups excluding carboxylic acids is 4. The molecule has 9 nitrogen and oxygen atoms in total. The maximum Gasteiger partial charge on any atom is 0.353 e. The van der Waals surface area contributed by atoms with Gasteiger partial charge in [0.1, 0.15) is 15.6 Å². The third-order valence-corrected chi connectivity index (χ3v) is 7.11. The Kier molecular flexibility index (Phi) is 7.68. The Morgan fingerprint density at radius 3 is 2.66 bits per heavy atom. The number of fused-ring (bicyclic) bond motifs is 1. The number of nitrogens with one attached hydrogen (secondary N) is 2. The Morgan fingerprint density at radius 2 is 1.89 bits per heavy atom. The second kappa shape index (κ2) is 11.1. The standard InChI is InChI=1S/C24H21N3O6S2/c1-2-32-24(31)19-15-8-5-10-17(15)35-22(19)26-20(28)21(29)27-25-13-14-7-3-4-9-16(14)33-23(30)18-11-6-12-34-18/h3-4,6-7,9,11-13H,2,5,8,10H2,1H3,(H,26,28)(H,27,29)/b25-13+. The average molecular weight is 512 g/mol. The van der Waals surface area contributed by atoms with Crippen LogP contribution in [0.1, 0.15) is 49.4 Å². The number of hydrogen-bond acceptors (Lipinski definition) is 9. The van der Waals surface area contributed by atoms with E-state index in [4.69, 9.17) is 9.47 Å². The lowest BCUT2D eigenvalue weighted by atomic mass is 10.1. The Hall–Kier alpha value is -3.83. The fourth-order valence-electron chi connectivity index (χ4n) is 3.51. The number of benzene rings is 1. The molecule has 1 aromatic carbocycles. The maximum absolute atomic E-state index is 12.4. The first kappa shape index (κ1) is 24.3. The van der Waals surface area contributed by atoms with E-state index in [1.54, 1.807) is 48.7 Å². The van der Waals surface area contributed by atoms with Crippen LogP contribution in [0.15, 0.2) is 46.9 Å². The lowest BCUT2D eigenvalue weighted by Gasteiger charge is -2.07. The van der Waals surface area contributed by atoms with Crippen LogP contribution >= 0.6 is 22.7 Å². The minimum atomic E-state index is -1.02. The third-order valence-electron chi connectivity index (χ3n) is 5.05. The number of anilines is 1. The molecule has 4 rings (SSSR count). The smallest absolute Gasteiger partial charge is 0.353 e. The van der Waals surface area contributed by atoms with Gasteiger partial charge in [0.2, 0.25) is 0 Å². The number of nitrogens with zero attached hydrogens (tertiary/aromatic N) is 1. The van der Waals surface area contributed by atoms with Gasteiger partial charge in [-0.2, -0.15) is 5.10 Å².